The first-order valence-electron chi connectivity index (χ1n) is 8.23. The fourth-order valence-corrected chi connectivity index (χ4v) is 2.59. The molecule has 2 N–H and O–H groups in total. The Morgan fingerprint density at radius 2 is 2.00 bits per heavy atom. The Balaban J connectivity index is 1.96. The van der Waals surface area contributed by atoms with Crippen LogP contribution in [0.5, 0.6) is 17.2 Å². The van der Waals surface area contributed by atoms with Crippen LogP contribution in [0.3, 0.4) is 0 Å². The molecular weight excluding hydrogens is 378 g/mol. The van der Waals surface area contributed by atoms with Crippen LogP contribution >= 0.6 is 12.6 Å². The number of benzene rings is 2. The number of aromatic nitrogens is 2. The van der Waals surface area contributed by atoms with Crippen molar-refractivity contribution in [3.05, 3.63) is 65.9 Å². The van der Waals surface area contributed by atoms with Gasteiger partial charge in [-0.25, -0.2) is 0 Å². The Morgan fingerprint density at radius 3 is 2.64 bits per heavy atom. The van der Waals surface area contributed by atoms with Gasteiger partial charge in [-0.15, -0.1) is 12.6 Å². The van der Waals surface area contributed by atoms with Crippen molar-refractivity contribution >= 4 is 36.7 Å². The Hall–Kier alpha value is -3.52. The molecule has 0 saturated heterocycles. The fraction of sp³-hybridized carbons (Fsp3) is 0.0500. The minimum absolute atomic E-state index is 0.173. The van der Waals surface area contributed by atoms with Crippen LogP contribution in [-0.4, -0.2) is 27.1 Å². The van der Waals surface area contributed by atoms with Crippen molar-refractivity contribution < 1.29 is 19.4 Å². The van der Waals surface area contributed by atoms with Gasteiger partial charge in [-0.2, -0.15) is 5.10 Å². The van der Waals surface area contributed by atoms with E-state index in [0.717, 1.165) is 4.90 Å². The molecule has 0 saturated carbocycles. The molecular formula is C20H17N3O4S. The van der Waals surface area contributed by atoms with E-state index >= 15 is 0 Å². The Kier molecular flexibility index (Phi) is 5.81. The average molecular weight is 395 g/mol. The highest BCUT2D eigenvalue weighted by Crippen LogP contribution is 2.34. The lowest BCUT2D eigenvalue weighted by atomic mass is 10.1. The van der Waals surface area contributed by atoms with E-state index in [9.17, 15) is 14.7 Å². The summed E-state index contributed by atoms with van der Waals surface area (Å²) in [7, 11) is 1.73. The predicted octanol–water partition coefficient (Wildman–Crippen LogP) is 3.67. The van der Waals surface area contributed by atoms with Crippen LogP contribution < -0.4 is 10.1 Å². The molecule has 3 rings (SSSR count). The number of hydrogen-bond acceptors (Lipinski definition) is 6. The van der Waals surface area contributed by atoms with Gasteiger partial charge in [0.05, 0.1) is 5.56 Å². The molecule has 1 amide bonds. The summed E-state index contributed by atoms with van der Waals surface area (Å²) in [4.78, 5) is 24.0. The standard InChI is InChI=1S/C20H17N3O4S/c1-23-9-8-19(22-23)21-20(26)13-11-17(25)16(3-2-10-24)18(12-13)27-14-4-6-15(28)7-5-14/h2-12,25,28H,1H3,(H,21,22,26)/b3-2+. The Morgan fingerprint density at radius 1 is 1.25 bits per heavy atom. The van der Waals surface area contributed by atoms with Gasteiger partial charge in [-0.1, -0.05) is 0 Å². The number of ether oxygens (including phenoxy) is 1. The monoisotopic (exact) mass is 395 g/mol. The quantitative estimate of drug-likeness (QED) is 0.336. The van der Waals surface area contributed by atoms with Gasteiger partial charge in [-0.05, 0) is 48.6 Å². The van der Waals surface area contributed by atoms with E-state index in [4.69, 9.17) is 4.74 Å². The fourth-order valence-electron chi connectivity index (χ4n) is 2.44. The van der Waals surface area contributed by atoms with E-state index in [2.05, 4.69) is 23.0 Å². The number of nitrogens with one attached hydrogen (secondary N) is 1. The molecule has 0 radical (unpaired) electrons. The third kappa shape index (κ3) is 4.60. The summed E-state index contributed by atoms with van der Waals surface area (Å²) in [6.45, 7) is 0. The molecule has 0 atom stereocenters. The van der Waals surface area contributed by atoms with E-state index in [-0.39, 0.29) is 22.6 Å². The van der Waals surface area contributed by atoms with E-state index in [1.165, 1.54) is 24.3 Å². The van der Waals surface area contributed by atoms with Crippen LogP contribution in [0.2, 0.25) is 0 Å². The molecule has 0 aliphatic rings. The van der Waals surface area contributed by atoms with E-state index in [1.54, 1.807) is 48.3 Å². The number of amides is 1. The predicted molar refractivity (Wildman–Crippen MR) is 108 cm³/mol. The molecule has 0 unspecified atom stereocenters. The zero-order chi connectivity index (χ0) is 20.1. The number of anilines is 1. The summed E-state index contributed by atoms with van der Waals surface area (Å²) in [6, 6.07) is 11.3. The highest BCUT2D eigenvalue weighted by atomic mass is 32.1. The van der Waals surface area contributed by atoms with Crippen LogP contribution in [-0.2, 0) is 11.8 Å². The largest absolute Gasteiger partial charge is 0.507 e. The number of aryl methyl sites for hydroxylation is 1. The van der Waals surface area contributed by atoms with Gasteiger partial charge in [0.2, 0.25) is 0 Å². The van der Waals surface area contributed by atoms with Crippen molar-refractivity contribution in [3.63, 3.8) is 0 Å². The zero-order valence-electron chi connectivity index (χ0n) is 14.9. The number of aldehydes is 1. The SMILES string of the molecule is Cn1ccc(NC(=O)c2cc(O)c(/C=C/C=O)c(Oc3ccc(S)cc3)c2)n1. The first kappa shape index (κ1) is 19.2. The van der Waals surface area contributed by atoms with E-state index < -0.39 is 5.91 Å². The second-order valence-corrected chi connectivity index (χ2v) is 6.34. The number of hydrogen-bond donors (Lipinski definition) is 3. The van der Waals surface area contributed by atoms with Gasteiger partial charge in [0, 0.05) is 29.8 Å². The van der Waals surface area contributed by atoms with Gasteiger partial charge in [0.15, 0.2) is 5.82 Å². The van der Waals surface area contributed by atoms with Crippen LogP contribution in [0.1, 0.15) is 15.9 Å². The summed E-state index contributed by atoms with van der Waals surface area (Å²) in [5.41, 5.74) is 0.448. The van der Waals surface area contributed by atoms with Crippen molar-refractivity contribution in [1.29, 1.82) is 0 Å². The maximum absolute atomic E-state index is 12.5. The number of phenols is 1. The third-order valence-electron chi connectivity index (χ3n) is 3.74. The molecule has 0 spiro atoms. The third-order valence-corrected chi connectivity index (χ3v) is 4.04. The topological polar surface area (TPSA) is 93.5 Å². The van der Waals surface area contributed by atoms with Gasteiger partial charge in [-0.3, -0.25) is 14.3 Å². The number of carbonyl (C=O) groups is 2. The second-order valence-electron chi connectivity index (χ2n) is 5.83. The molecule has 3 aromatic rings. The summed E-state index contributed by atoms with van der Waals surface area (Å²) >= 11 is 4.23. The molecule has 0 bridgehead atoms. The average Bonchev–Trinajstić information content (AvgIpc) is 3.07. The van der Waals surface area contributed by atoms with Crippen molar-refractivity contribution in [3.8, 4) is 17.2 Å². The number of thiol groups is 1. The summed E-state index contributed by atoms with van der Waals surface area (Å²) < 4.78 is 7.38. The number of aromatic hydroxyl groups is 1. The number of rotatable bonds is 6. The molecule has 0 fully saturated rings. The maximum atomic E-state index is 12.5. The van der Waals surface area contributed by atoms with Gasteiger partial charge >= 0.3 is 0 Å². The lowest BCUT2D eigenvalue weighted by molar-refractivity contribution is -0.104. The zero-order valence-corrected chi connectivity index (χ0v) is 15.8. The first-order chi connectivity index (χ1) is 13.5. The highest BCUT2D eigenvalue weighted by Gasteiger charge is 2.16. The number of nitrogens with zero attached hydrogens (tertiary/aromatic N) is 2. The van der Waals surface area contributed by atoms with Crippen molar-refractivity contribution in [2.24, 2.45) is 7.05 Å². The molecule has 2 aromatic carbocycles. The van der Waals surface area contributed by atoms with Crippen molar-refractivity contribution in [2.45, 2.75) is 4.90 Å². The molecule has 0 aliphatic heterocycles. The highest BCUT2D eigenvalue weighted by molar-refractivity contribution is 7.80. The molecule has 1 heterocycles. The van der Waals surface area contributed by atoms with Crippen LogP contribution in [0, 0.1) is 0 Å². The smallest absolute Gasteiger partial charge is 0.257 e. The van der Waals surface area contributed by atoms with Crippen LogP contribution in [0.4, 0.5) is 5.82 Å². The second kappa shape index (κ2) is 8.45. The lowest BCUT2D eigenvalue weighted by Crippen LogP contribution is -2.13. The van der Waals surface area contributed by atoms with Gasteiger partial charge < -0.3 is 15.2 Å². The summed E-state index contributed by atoms with van der Waals surface area (Å²) in [5.74, 6) is 0.420. The molecule has 28 heavy (non-hydrogen) atoms. The Labute approximate surface area is 166 Å². The first-order valence-corrected chi connectivity index (χ1v) is 8.67. The number of phenolic OH excluding ortho intramolecular Hbond substituents is 1. The normalized spacial score (nSPS) is 10.8. The molecule has 142 valence electrons. The van der Waals surface area contributed by atoms with E-state index in [1.807, 2.05) is 0 Å². The minimum atomic E-state index is -0.463. The molecule has 8 heteroatoms. The number of carbonyl (C=O) groups excluding carboxylic acids is 2. The summed E-state index contributed by atoms with van der Waals surface area (Å²) in [6.07, 6.45) is 4.91. The lowest BCUT2D eigenvalue weighted by Gasteiger charge is -2.13. The van der Waals surface area contributed by atoms with E-state index in [0.29, 0.717) is 17.9 Å². The molecule has 1 aromatic heterocycles. The van der Waals surface area contributed by atoms with Crippen LogP contribution in [0.15, 0.2) is 59.6 Å². The van der Waals surface area contributed by atoms with Gasteiger partial charge in [0.1, 0.15) is 23.5 Å². The Bertz CT molecular complexity index is 1040. The van der Waals surface area contributed by atoms with Crippen molar-refractivity contribution in [2.75, 3.05) is 5.32 Å². The van der Waals surface area contributed by atoms with Gasteiger partial charge in [0.25, 0.3) is 5.91 Å². The summed E-state index contributed by atoms with van der Waals surface area (Å²) in [5, 5.41) is 17.1. The van der Waals surface area contributed by atoms with Crippen LogP contribution in [0.25, 0.3) is 6.08 Å². The van der Waals surface area contributed by atoms with Crippen molar-refractivity contribution in [1.82, 2.24) is 9.78 Å². The maximum Gasteiger partial charge on any atom is 0.257 e. The number of allylic oxidation sites excluding steroid dienone is 1. The molecule has 0 aliphatic carbocycles. The molecule has 7 nitrogen and oxygen atoms in total. The minimum Gasteiger partial charge on any atom is -0.507 e.